The molecule has 0 atom stereocenters. The predicted octanol–water partition coefficient (Wildman–Crippen LogP) is 3.59. The van der Waals surface area contributed by atoms with Crippen LogP contribution in [0, 0.1) is 6.92 Å². The van der Waals surface area contributed by atoms with Crippen molar-refractivity contribution >= 4 is 34.5 Å². The van der Waals surface area contributed by atoms with Gasteiger partial charge in [0.05, 0.1) is 12.3 Å². The summed E-state index contributed by atoms with van der Waals surface area (Å²) in [4.78, 5) is 30.9. The highest BCUT2D eigenvalue weighted by Gasteiger charge is 2.17. The second kappa shape index (κ2) is 5.73. The van der Waals surface area contributed by atoms with Crippen molar-refractivity contribution in [3.8, 4) is 10.6 Å². The van der Waals surface area contributed by atoms with Crippen LogP contribution in [-0.4, -0.2) is 28.8 Å². The number of carbonyl (C=O) groups is 2. The number of rotatable bonds is 4. The monoisotopic (exact) mass is 314 g/mol. The molecule has 0 fully saturated rings. The van der Waals surface area contributed by atoms with Crippen molar-refractivity contribution in [3.63, 3.8) is 0 Å². The number of H-pyrrole nitrogens is 1. The zero-order chi connectivity index (χ0) is 15.7. The lowest BCUT2D eigenvalue weighted by atomic mass is 10.1. The van der Waals surface area contributed by atoms with E-state index in [1.807, 2.05) is 18.2 Å². The van der Waals surface area contributed by atoms with Gasteiger partial charge in [-0.2, -0.15) is 0 Å². The Hall–Kier alpha value is -2.47. The van der Waals surface area contributed by atoms with E-state index in [0.29, 0.717) is 22.7 Å². The van der Waals surface area contributed by atoms with Crippen LogP contribution in [0.4, 0.5) is 0 Å². The Bertz CT molecular complexity index is 864. The summed E-state index contributed by atoms with van der Waals surface area (Å²) in [6.45, 7) is 3.90. The van der Waals surface area contributed by atoms with Crippen LogP contribution in [0.2, 0.25) is 0 Å². The van der Waals surface area contributed by atoms with E-state index in [1.54, 1.807) is 20.0 Å². The molecule has 6 heteroatoms. The van der Waals surface area contributed by atoms with Crippen LogP contribution < -0.4 is 0 Å². The van der Waals surface area contributed by atoms with Crippen LogP contribution in [0.15, 0.2) is 24.4 Å². The number of fused-ring (bicyclic) bond motifs is 1. The molecule has 0 aliphatic rings. The Kier molecular flexibility index (Phi) is 3.77. The quantitative estimate of drug-likeness (QED) is 0.590. The molecule has 0 radical (unpaired) electrons. The van der Waals surface area contributed by atoms with E-state index in [1.165, 1.54) is 11.3 Å². The molecular weight excluding hydrogens is 300 g/mol. The van der Waals surface area contributed by atoms with Crippen molar-refractivity contribution in [3.05, 3.63) is 40.5 Å². The number of aromatic nitrogens is 2. The van der Waals surface area contributed by atoms with Gasteiger partial charge in [0.1, 0.15) is 9.88 Å². The maximum atomic E-state index is 11.9. The summed E-state index contributed by atoms with van der Waals surface area (Å²) < 4.78 is 5.03. The zero-order valence-corrected chi connectivity index (χ0v) is 13.0. The fourth-order valence-electron chi connectivity index (χ4n) is 2.28. The molecule has 0 spiro atoms. The summed E-state index contributed by atoms with van der Waals surface area (Å²) >= 11 is 1.30. The summed E-state index contributed by atoms with van der Waals surface area (Å²) in [5.74, 6) is -0.347. The summed E-state index contributed by atoms with van der Waals surface area (Å²) in [5, 5.41) is 1.58. The molecule has 1 aromatic carbocycles. The van der Waals surface area contributed by atoms with Crippen LogP contribution in [0.25, 0.3) is 21.5 Å². The highest BCUT2D eigenvalue weighted by Crippen LogP contribution is 2.31. The number of benzene rings is 1. The van der Waals surface area contributed by atoms with E-state index in [-0.39, 0.29) is 5.97 Å². The van der Waals surface area contributed by atoms with Crippen LogP contribution in [0.5, 0.6) is 0 Å². The highest BCUT2D eigenvalue weighted by atomic mass is 32.1. The molecule has 0 bridgehead atoms. The van der Waals surface area contributed by atoms with Crippen LogP contribution >= 0.6 is 11.3 Å². The van der Waals surface area contributed by atoms with Crippen molar-refractivity contribution < 1.29 is 14.3 Å². The summed E-state index contributed by atoms with van der Waals surface area (Å²) in [7, 11) is 0. The van der Waals surface area contributed by atoms with Crippen molar-refractivity contribution in [2.45, 2.75) is 13.8 Å². The van der Waals surface area contributed by atoms with E-state index in [4.69, 9.17) is 4.74 Å². The number of ether oxygens (including phenoxy) is 1. The number of carbonyl (C=O) groups excluding carboxylic acids is 2. The number of hydrogen-bond acceptors (Lipinski definition) is 5. The predicted molar refractivity (Wildman–Crippen MR) is 85.5 cm³/mol. The first-order chi connectivity index (χ1) is 10.6. The molecule has 3 rings (SSSR count). The molecule has 5 nitrogen and oxygen atoms in total. The van der Waals surface area contributed by atoms with Gasteiger partial charge in [0.15, 0.2) is 6.29 Å². The van der Waals surface area contributed by atoms with Crippen molar-refractivity contribution in [1.29, 1.82) is 0 Å². The number of nitrogens with one attached hydrogen (secondary N) is 1. The van der Waals surface area contributed by atoms with E-state index < -0.39 is 0 Å². The Morgan fingerprint density at radius 3 is 3.00 bits per heavy atom. The molecule has 0 aliphatic carbocycles. The van der Waals surface area contributed by atoms with Crippen LogP contribution in [0.3, 0.4) is 0 Å². The number of aryl methyl sites for hydroxylation is 1. The minimum absolute atomic E-state index is 0.337. The van der Waals surface area contributed by atoms with Gasteiger partial charge in [-0.1, -0.05) is 0 Å². The van der Waals surface area contributed by atoms with E-state index in [9.17, 15) is 9.59 Å². The molecule has 0 saturated heterocycles. The van der Waals surface area contributed by atoms with Gasteiger partial charge in [-0.05, 0) is 32.0 Å². The number of thiazole rings is 1. The number of hydrogen-bond donors (Lipinski definition) is 1. The molecule has 0 aliphatic heterocycles. The van der Waals surface area contributed by atoms with Gasteiger partial charge in [0.2, 0.25) is 0 Å². The van der Waals surface area contributed by atoms with Gasteiger partial charge in [-0.25, -0.2) is 9.78 Å². The minimum Gasteiger partial charge on any atom is -0.462 e. The lowest BCUT2D eigenvalue weighted by Gasteiger charge is -1.98. The first-order valence-electron chi connectivity index (χ1n) is 6.85. The van der Waals surface area contributed by atoms with Crippen LogP contribution in [-0.2, 0) is 4.74 Å². The molecule has 2 aromatic heterocycles. The average molecular weight is 314 g/mol. The Morgan fingerprint density at radius 2 is 2.27 bits per heavy atom. The van der Waals surface area contributed by atoms with E-state index in [0.717, 1.165) is 27.8 Å². The standard InChI is InChI=1S/C16H14N2O3S/c1-3-21-16(20)14-9(2)18-15(22-14)10-4-5-13-12(6-10)11(8-19)7-17-13/h4-8,17H,3H2,1-2H3. The molecular formula is C16H14N2O3S. The fraction of sp³-hybridized carbons (Fsp3) is 0.188. The topological polar surface area (TPSA) is 72.1 Å². The third-order valence-corrected chi connectivity index (χ3v) is 4.53. The van der Waals surface area contributed by atoms with Gasteiger partial charge in [0, 0.05) is 28.2 Å². The van der Waals surface area contributed by atoms with Gasteiger partial charge in [0.25, 0.3) is 0 Å². The van der Waals surface area contributed by atoms with Gasteiger partial charge in [-0.15, -0.1) is 11.3 Å². The SMILES string of the molecule is CCOC(=O)c1sc(-c2ccc3[nH]cc(C=O)c3c2)nc1C. The van der Waals surface area contributed by atoms with Gasteiger partial charge >= 0.3 is 5.97 Å². The second-order valence-corrected chi connectivity index (χ2v) is 5.78. The van der Waals surface area contributed by atoms with Crippen molar-refractivity contribution in [2.24, 2.45) is 0 Å². The molecule has 2 heterocycles. The van der Waals surface area contributed by atoms with Crippen molar-refractivity contribution in [1.82, 2.24) is 9.97 Å². The van der Waals surface area contributed by atoms with Gasteiger partial charge < -0.3 is 9.72 Å². The smallest absolute Gasteiger partial charge is 0.350 e. The summed E-state index contributed by atoms with van der Waals surface area (Å²) in [5.41, 5.74) is 3.03. The van der Waals surface area contributed by atoms with E-state index in [2.05, 4.69) is 9.97 Å². The molecule has 0 saturated carbocycles. The third-order valence-electron chi connectivity index (χ3n) is 3.35. The minimum atomic E-state index is -0.347. The molecule has 22 heavy (non-hydrogen) atoms. The third kappa shape index (κ3) is 2.42. The number of aromatic amines is 1. The average Bonchev–Trinajstić information content (AvgIpc) is 3.10. The molecule has 0 amide bonds. The lowest BCUT2D eigenvalue weighted by Crippen LogP contribution is -2.03. The molecule has 0 unspecified atom stereocenters. The first-order valence-corrected chi connectivity index (χ1v) is 7.67. The zero-order valence-electron chi connectivity index (χ0n) is 12.2. The highest BCUT2D eigenvalue weighted by molar-refractivity contribution is 7.17. The summed E-state index contributed by atoms with van der Waals surface area (Å²) in [6, 6.07) is 5.72. The molecule has 3 aromatic rings. The van der Waals surface area contributed by atoms with Gasteiger partial charge in [-0.3, -0.25) is 4.79 Å². The largest absolute Gasteiger partial charge is 0.462 e. The summed E-state index contributed by atoms with van der Waals surface area (Å²) in [6.07, 6.45) is 2.50. The number of aldehydes is 1. The Balaban J connectivity index is 2.05. The fourth-order valence-corrected chi connectivity index (χ4v) is 3.24. The number of nitrogens with zero attached hydrogens (tertiary/aromatic N) is 1. The first kappa shape index (κ1) is 14.5. The van der Waals surface area contributed by atoms with E-state index >= 15 is 0 Å². The normalized spacial score (nSPS) is 10.8. The molecule has 112 valence electrons. The Morgan fingerprint density at radius 1 is 1.45 bits per heavy atom. The second-order valence-electron chi connectivity index (χ2n) is 4.78. The lowest BCUT2D eigenvalue weighted by molar-refractivity contribution is 0.0531. The van der Waals surface area contributed by atoms with Crippen molar-refractivity contribution in [2.75, 3.05) is 6.61 Å². The van der Waals surface area contributed by atoms with Crippen LogP contribution in [0.1, 0.15) is 32.6 Å². The maximum absolute atomic E-state index is 11.9. The molecule has 1 N–H and O–H groups in total. The Labute approximate surface area is 131 Å². The maximum Gasteiger partial charge on any atom is 0.350 e. The number of esters is 1.